The number of rotatable bonds is 6. The summed E-state index contributed by atoms with van der Waals surface area (Å²) in [7, 11) is 0. The van der Waals surface area contributed by atoms with Crippen LogP contribution in [0.5, 0.6) is 5.75 Å². The van der Waals surface area contributed by atoms with Gasteiger partial charge in [-0.25, -0.2) is 4.99 Å². The van der Waals surface area contributed by atoms with Crippen LogP contribution in [0.3, 0.4) is 0 Å². The first kappa shape index (κ1) is 17.0. The maximum Gasteiger partial charge on any atom is 0.275 e. The maximum absolute atomic E-state index is 12.2. The van der Waals surface area contributed by atoms with Gasteiger partial charge in [0.25, 0.3) is 5.91 Å². The van der Waals surface area contributed by atoms with Gasteiger partial charge in [0.2, 0.25) is 0 Å². The van der Waals surface area contributed by atoms with Crippen molar-refractivity contribution in [2.24, 2.45) is 4.99 Å². The van der Waals surface area contributed by atoms with Crippen LogP contribution < -0.4 is 10.1 Å². The van der Waals surface area contributed by atoms with Gasteiger partial charge in [0.05, 0.1) is 6.61 Å². The van der Waals surface area contributed by atoms with Gasteiger partial charge in [-0.3, -0.25) is 4.79 Å². The van der Waals surface area contributed by atoms with E-state index in [9.17, 15) is 4.79 Å². The molecule has 0 aromatic heterocycles. The van der Waals surface area contributed by atoms with Crippen molar-refractivity contribution >= 4 is 17.8 Å². The molecule has 0 spiro atoms. The third-order valence-corrected chi connectivity index (χ3v) is 3.97. The summed E-state index contributed by atoms with van der Waals surface area (Å²) in [5.74, 6) is 1.25. The molecule has 0 saturated carbocycles. The Kier molecular flexibility index (Phi) is 5.29. The van der Waals surface area contributed by atoms with Crippen molar-refractivity contribution in [1.82, 2.24) is 5.32 Å². The number of amides is 1. The molecule has 1 N–H and O–H groups in total. The minimum Gasteiger partial charge on any atom is -0.494 e. The van der Waals surface area contributed by atoms with E-state index >= 15 is 0 Å². The van der Waals surface area contributed by atoms with Crippen LogP contribution in [0.25, 0.3) is 6.08 Å². The molecule has 2 aromatic rings. The summed E-state index contributed by atoms with van der Waals surface area (Å²) in [4.78, 5) is 16.6. The summed E-state index contributed by atoms with van der Waals surface area (Å²) in [6.07, 6.45) is 3.94. The molecular weight excluding hydrogens is 312 g/mol. The number of carbonyl (C=O) groups is 1. The minimum absolute atomic E-state index is 0.182. The van der Waals surface area contributed by atoms with Gasteiger partial charge in [0, 0.05) is 5.56 Å². The van der Waals surface area contributed by atoms with E-state index < -0.39 is 0 Å². The summed E-state index contributed by atoms with van der Waals surface area (Å²) in [6, 6.07) is 15.6. The monoisotopic (exact) mass is 334 g/mol. The molecule has 1 aliphatic rings. The molecule has 1 heterocycles. The van der Waals surface area contributed by atoms with Crippen molar-refractivity contribution in [2.45, 2.75) is 26.7 Å². The van der Waals surface area contributed by atoms with Gasteiger partial charge in [0.15, 0.2) is 0 Å². The fraction of sp³-hybridized carbons (Fsp3) is 0.238. The Labute approximate surface area is 148 Å². The van der Waals surface area contributed by atoms with E-state index in [0.29, 0.717) is 11.5 Å². The fourth-order valence-electron chi connectivity index (χ4n) is 2.47. The van der Waals surface area contributed by atoms with Gasteiger partial charge >= 0.3 is 0 Å². The van der Waals surface area contributed by atoms with Crippen LogP contribution in [0.2, 0.25) is 0 Å². The van der Waals surface area contributed by atoms with Gasteiger partial charge in [-0.2, -0.15) is 0 Å². The van der Waals surface area contributed by atoms with Crippen molar-refractivity contribution in [2.75, 3.05) is 6.61 Å². The highest BCUT2D eigenvalue weighted by Crippen LogP contribution is 2.18. The largest absolute Gasteiger partial charge is 0.494 e. The summed E-state index contributed by atoms with van der Waals surface area (Å²) in [6.45, 7) is 4.89. The Morgan fingerprint density at radius 1 is 1.08 bits per heavy atom. The van der Waals surface area contributed by atoms with E-state index in [-0.39, 0.29) is 5.91 Å². The Morgan fingerprint density at radius 2 is 1.80 bits per heavy atom. The zero-order valence-electron chi connectivity index (χ0n) is 14.6. The van der Waals surface area contributed by atoms with Crippen molar-refractivity contribution in [3.8, 4) is 5.75 Å². The normalized spacial score (nSPS) is 15.2. The number of carbonyl (C=O) groups excluding carboxylic acids is 1. The average molecular weight is 334 g/mol. The van der Waals surface area contributed by atoms with Crippen LogP contribution in [-0.2, 0) is 4.79 Å². The number of ether oxygens (including phenoxy) is 1. The van der Waals surface area contributed by atoms with Crippen molar-refractivity contribution < 1.29 is 9.53 Å². The number of nitrogens with zero attached hydrogens (tertiary/aromatic N) is 1. The molecule has 0 bridgehead atoms. The van der Waals surface area contributed by atoms with Crippen molar-refractivity contribution in [3.05, 3.63) is 70.9 Å². The quantitative estimate of drug-likeness (QED) is 0.639. The van der Waals surface area contributed by atoms with Gasteiger partial charge in [0.1, 0.15) is 17.3 Å². The zero-order chi connectivity index (χ0) is 17.6. The third kappa shape index (κ3) is 4.35. The third-order valence-electron chi connectivity index (χ3n) is 3.97. The first-order valence-electron chi connectivity index (χ1n) is 8.57. The summed E-state index contributed by atoms with van der Waals surface area (Å²) in [5.41, 5.74) is 3.41. The fourth-order valence-corrected chi connectivity index (χ4v) is 2.47. The second-order valence-corrected chi connectivity index (χ2v) is 6.08. The SMILES string of the molecule is CCCCOc1ccc(C=C2N=C(c3ccc(C)cc3)NC2=O)cc1. The first-order valence-corrected chi connectivity index (χ1v) is 8.57. The lowest BCUT2D eigenvalue weighted by Gasteiger charge is -2.05. The first-order chi connectivity index (χ1) is 12.2. The number of aliphatic imine (C=N–C) groups is 1. The smallest absolute Gasteiger partial charge is 0.275 e. The van der Waals surface area contributed by atoms with Gasteiger partial charge in [-0.15, -0.1) is 0 Å². The second-order valence-electron chi connectivity index (χ2n) is 6.08. The molecule has 0 aliphatic carbocycles. The molecule has 25 heavy (non-hydrogen) atoms. The van der Waals surface area contributed by atoms with E-state index in [1.807, 2.05) is 55.5 Å². The number of nitrogens with one attached hydrogen (secondary N) is 1. The Morgan fingerprint density at radius 3 is 2.48 bits per heavy atom. The van der Waals surface area contributed by atoms with Crippen LogP contribution in [-0.4, -0.2) is 18.3 Å². The van der Waals surface area contributed by atoms with Crippen LogP contribution >= 0.6 is 0 Å². The Hall–Kier alpha value is -2.88. The highest BCUT2D eigenvalue weighted by molar-refractivity contribution is 6.19. The summed E-state index contributed by atoms with van der Waals surface area (Å²) in [5, 5.41) is 2.82. The molecule has 2 aromatic carbocycles. The molecule has 0 atom stereocenters. The summed E-state index contributed by atoms with van der Waals surface area (Å²) < 4.78 is 5.65. The number of hydrogen-bond acceptors (Lipinski definition) is 3. The number of amidine groups is 1. The van der Waals surface area contributed by atoms with Gasteiger partial charge < -0.3 is 10.1 Å². The molecule has 1 amide bonds. The number of aryl methyl sites for hydroxylation is 1. The lowest BCUT2D eigenvalue weighted by atomic mass is 10.1. The van der Waals surface area contributed by atoms with Crippen LogP contribution in [0, 0.1) is 6.92 Å². The molecule has 4 nitrogen and oxygen atoms in total. The van der Waals surface area contributed by atoms with Crippen molar-refractivity contribution in [1.29, 1.82) is 0 Å². The Bertz CT molecular complexity index is 803. The molecule has 0 unspecified atom stereocenters. The van der Waals surface area contributed by atoms with E-state index in [4.69, 9.17) is 4.74 Å². The number of hydrogen-bond donors (Lipinski definition) is 1. The van der Waals surface area contributed by atoms with Gasteiger partial charge in [-0.1, -0.05) is 55.3 Å². The van der Waals surface area contributed by atoms with E-state index in [1.54, 1.807) is 6.08 Å². The topological polar surface area (TPSA) is 50.7 Å². The number of unbranched alkanes of at least 4 members (excludes halogenated alkanes) is 1. The number of benzene rings is 2. The van der Waals surface area contributed by atoms with E-state index in [1.165, 1.54) is 5.56 Å². The van der Waals surface area contributed by atoms with E-state index in [0.717, 1.165) is 36.3 Å². The second kappa shape index (κ2) is 7.79. The standard InChI is InChI=1S/C21H22N2O2/c1-3-4-13-25-18-11-7-16(8-12-18)14-19-21(24)23-20(22-19)17-9-5-15(2)6-10-17/h5-12,14H,3-4,13H2,1-2H3,(H,22,23,24). The van der Waals surface area contributed by atoms with Crippen molar-refractivity contribution in [3.63, 3.8) is 0 Å². The molecule has 3 rings (SSSR count). The van der Waals surface area contributed by atoms with Crippen LogP contribution in [0.4, 0.5) is 0 Å². The molecule has 0 fully saturated rings. The molecular formula is C21H22N2O2. The zero-order valence-corrected chi connectivity index (χ0v) is 14.6. The predicted molar refractivity (Wildman–Crippen MR) is 101 cm³/mol. The lowest BCUT2D eigenvalue weighted by Crippen LogP contribution is -2.24. The molecule has 0 saturated heterocycles. The molecule has 128 valence electrons. The van der Waals surface area contributed by atoms with Gasteiger partial charge in [-0.05, 0) is 37.1 Å². The predicted octanol–water partition coefficient (Wildman–Crippen LogP) is 4.09. The molecule has 0 radical (unpaired) electrons. The lowest BCUT2D eigenvalue weighted by molar-refractivity contribution is -0.115. The summed E-state index contributed by atoms with van der Waals surface area (Å²) >= 11 is 0. The maximum atomic E-state index is 12.2. The average Bonchev–Trinajstić information content (AvgIpc) is 2.98. The highest BCUT2D eigenvalue weighted by atomic mass is 16.5. The van der Waals surface area contributed by atoms with Crippen LogP contribution in [0.15, 0.2) is 59.2 Å². The van der Waals surface area contributed by atoms with E-state index in [2.05, 4.69) is 17.2 Å². The van der Waals surface area contributed by atoms with Crippen LogP contribution in [0.1, 0.15) is 36.5 Å². The molecule has 4 heteroatoms. The highest BCUT2D eigenvalue weighted by Gasteiger charge is 2.20. The Balaban J connectivity index is 1.74. The minimum atomic E-state index is -0.182. The molecule has 1 aliphatic heterocycles.